The van der Waals surface area contributed by atoms with Gasteiger partial charge >= 0.3 is 7.82 Å². The Morgan fingerprint density at radius 3 is 1.40 bits per heavy atom. The number of methoxy groups -OCH3 is 1. The van der Waals surface area contributed by atoms with E-state index in [1.165, 1.54) is 14.0 Å². The molecule has 0 aromatic carbocycles. The molecule has 36 nitrogen and oxygen atoms in total. The zero-order valence-electron chi connectivity index (χ0n) is 57.2. The predicted octanol–water partition coefficient (Wildman–Crippen LogP) is -3.97. The van der Waals surface area contributed by atoms with Gasteiger partial charge in [0.05, 0.1) is 177 Å². The van der Waals surface area contributed by atoms with Crippen molar-refractivity contribution in [2.24, 2.45) is 17.8 Å². The SMILES string of the molecule is COC(CO)[C@H](CO)C(O)[C@@H](NC(C)=O)OCCOCCOCCOCC(=O)NCCCCC(NC(=O)COCCOCCOCCO)C(=O)N[C@@H](CCCCNC(=O)COCCOCCOCCOC(O)[C@@H](CO)C(O)CO)C(=O)NCCCCCCOP(=O)(O)OCC1CCC1. The highest BCUT2D eigenvalue weighted by Crippen LogP contribution is 2.45. The summed E-state index contributed by atoms with van der Waals surface area (Å²) in [6.07, 6.45) is 0.653. The maximum Gasteiger partial charge on any atom is 0.472 e. The van der Waals surface area contributed by atoms with Gasteiger partial charge in [-0.3, -0.25) is 37.8 Å². The van der Waals surface area contributed by atoms with Crippen molar-refractivity contribution in [3.05, 3.63) is 0 Å². The number of rotatable bonds is 70. The van der Waals surface area contributed by atoms with Gasteiger partial charge < -0.3 is 134 Å². The molecule has 0 aliphatic heterocycles. The van der Waals surface area contributed by atoms with E-state index in [2.05, 4.69) is 31.9 Å². The summed E-state index contributed by atoms with van der Waals surface area (Å²) >= 11 is 0. The third-order valence-corrected chi connectivity index (χ3v) is 15.8. The summed E-state index contributed by atoms with van der Waals surface area (Å²) in [6.45, 7) is 0.848. The minimum absolute atomic E-state index is 0.0194. The van der Waals surface area contributed by atoms with Crippen LogP contribution in [0.4, 0.5) is 0 Å². The third-order valence-electron chi connectivity index (χ3n) is 14.8. The topological polar surface area (TPSA) is 503 Å². The molecule has 1 aliphatic rings. The molecule has 0 saturated heterocycles. The lowest BCUT2D eigenvalue weighted by Crippen LogP contribution is -2.54. The number of carbonyl (C=O) groups excluding carboxylic acids is 6. The van der Waals surface area contributed by atoms with E-state index >= 15 is 0 Å². The molecule has 6 amide bonds. The molecule has 1 rings (SSSR count). The molecule has 0 aromatic heterocycles. The van der Waals surface area contributed by atoms with Gasteiger partial charge in [0, 0.05) is 39.6 Å². The van der Waals surface area contributed by atoms with Gasteiger partial charge in [0.2, 0.25) is 35.4 Å². The summed E-state index contributed by atoms with van der Waals surface area (Å²) in [7, 11) is -2.84. The van der Waals surface area contributed by atoms with Crippen molar-refractivity contribution in [2.75, 3.05) is 205 Å². The van der Waals surface area contributed by atoms with Crippen molar-refractivity contribution in [1.29, 1.82) is 0 Å². The summed E-state index contributed by atoms with van der Waals surface area (Å²) < 4.78 is 86.9. The first-order chi connectivity index (χ1) is 47.4. The van der Waals surface area contributed by atoms with Crippen LogP contribution in [0.2, 0.25) is 0 Å². The van der Waals surface area contributed by atoms with E-state index in [9.17, 15) is 68.9 Å². The number of carbonyl (C=O) groups is 6. The Kier molecular flexibility index (Phi) is 58.1. The van der Waals surface area contributed by atoms with Gasteiger partial charge in [-0.25, -0.2) is 4.57 Å². The summed E-state index contributed by atoms with van der Waals surface area (Å²) in [6, 6.07) is -2.20. The highest BCUT2D eigenvalue weighted by Gasteiger charge is 2.35. The summed E-state index contributed by atoms with van der Waals surface area (Å²) in [5.41, 5.74) is 0. The predicted molar refractivity (Wildman–Crippen MR) is 346 cm³/mol. The first-order valence-corrected chi connectivity index (χ1v) is 35.2. The van der Waals surface area contributed by atoms with Gasteiger partial charge in [-0.05, 0) is 70.1 Å². The monoisotopic (exact) mass is 1440 g/mol. The second-order valence-corrected chi connectivity index (χ2v) is 24.1. The van der Waals surface area contributed by atoms with E-state index in [0.717, 1.165) is 19.3 Å². The van der Waals surface area contributed by atoms with Crippen LogP contribution in [0.25, 0.3) is 0 Å². The van der Waals surface area contributed by atoms with E-state index in [1.54, 1.807) is 0 Å². The highest BCUT2D eigenvalue weighted by molar-refractivity contribution is 7.47. The van der Waals surface area contributed by atoms with Crippen molar-refractivity contribution >= 4 is 43.3 Å². The lowest BCUT2D eigenvalue weighted by Gasteiger charge is -2.32. The van der Waals surface area contributed by atoms with Gasteiger partial charge in [0.25, 0.3) is 0 Å². The number of phosphoric ester groups is 1. The second-order valence-electron chi connectivity index (χ2n) is 22.7. The molecule has 10 atom stereocenters. The van der Waals surface area contributed by atoms with Crippen LogP contribution in [0.3, 0.4) is 0 Å². The summed E-state index contributed by atoms with van der Waals surface area (Å²) in [4.78, 5) is 88.0. The molecule has 6 unspecified atom stereocenters. The van der Waals surface area contributed by atoms with Crippen LogP contribution in [-0.2, 0) is 99.2 Å². The second kappa shape index (κ2) is 61.8. The molecule has 1 aliphatic carbocycles. The molecule has 0 bridgehead atoms. The Balaban J connectivity index is 2.77. The number of ether oxygens (including phenoxy) is 12. The van der Waals surface area contributed by atoms with Crippen LogP contribution in [0.15, 0.2) is 0 Å². The molecule has 1 fully saturated rings. The smallest absolute Gasteiger partial charge is 0.396 e. The van der Waals surface area contributed by atoms with E-state index in [0.29, 0.717) is 51.4 Å². The molecule has 0 aromatic rings. The maximum atomic E-state index is 14.1. The first-order valence-electron chi connectivity index (χ1n) is 33.7. The van der Waals surface area contributed by atoms with Crippen LogP contribution in [0.1, 0.15) is 90.4 Å². The molecule has 576 valence electrons. The number of nitrogens with one attached hydrogen (secondary N) is 6. The van der Waals surface area contributed by atoms with Gasteiger partial charge in [0.1, 0.15) is 38.0 Å². The van der Waals surface area contributed by atoms with Crippen molar-refractivity contribution in [2.45, 2.75) is 133 Å². The molecule has 0 spiro atoms. The fourth-order valence-electron chi connectivity index (χ4n) is 9.02. The average molecular weight is 1450 g/mol. The van der Waals surface area contributed by atoms with Crippen molar-refractivity contribution in [3.8, 4) is 0 Å². The highest BCUT2D eigenvalue weighted by atomic mass is 31.2. The van der Waals surface area contributed by atoms with Crippen molar-refractivity contribution in [1.82, 2.24) is 31.9 Å². The Bertz CT molecular complexity index is 2060. The van der Waals surface area contributed by atoms with E-state index in [-0.39, 0.29) is 184 Å². The van der Waals surface area contributed by atoms with Gasteiger partial charge in [-0.15, -0.1) is 0 Å². The number of aliphatic hydroxyl groups is 8. The number of amides is 6. The molecular weight excluding hydrogens is 1330 g/mol. The van der Waals surface area contributed by atoms with E-state index in [4.69, 9.17) is 76.1 Å². The number of unbranched alkanes of at least 4 members (excludes halogenated alkanes) is 5. The average Bonchev–Trinajstić information content (AvgIpc) is 0.891. The van der Waals surface area contributed by atoms with Crippen LogP contribution in [0.5, 0.6) is 0 Å². The Hall–Kier alpha value is -3.87. The zero-order chi connectivity index (χ0) is 72.3. The minimum Gasteiger partial charge on any atom is -0.396 e. The molecular formula is C61H117N6O30P. The Morgan fingerprint density at radius 2 is 0.929 bits per heavy atom. The van der Waals surface area contributed by atoms with Crippen LogP contribution >= 0.6 is 7.82 Å². The summed E-state index contributed by atoms with van der Waals surface area (Å²) in [5.74, 6) is -4.82. The van der Waals surface area contributed by atoms with E-state index in [1.807, 2.05) is 0 Å². The molecule has 0 heterocycles. The maximum absolute atomic E-state index is 14.1. The van der Waals surface area contributed by atoms with Crippen LogP contribution in [0, 0.1) is 17.8 Å². The summed E-state index contributed by atoms with van der Waals surface area (Å²) in [5, 5.41) is 93.1. The molecule has 98 heavy (non-hydrogen) atoms. The molecule has 1 saturated carbocycles. The quantitative estimate of drug-likeness (QED) is 0.0157. The normalized spacial score (nSPS) is 15.9. The standard InChI is InChI=1S/C61H117N6O30P/c1-46(73)65-60(57(78)49(39-70)53(41-72)84-2)94-36-34-89-26-24-87-28-31-91-44-55(76)63-17-9-6-15-51(66-56(77)45-93-33-30-86-23-22-85-21-19-68)59(80)67-50(58(79)64-18-7-3-4-10-20-96-98(82,83)97-42-47-12-11-13-47)14-5-8-16-62-54(75)43-92-32-29-88-25-27-90-35-37-95-61(81)48(38-69)52(74)40-71/h47-53,57,60-61,68-72,74,78,81H,3-45H2,1-2H3,(H,62,75)(H,63,76)(H,64,79)(H,65,73)(H,66,77)(H,67,80)(H,82,83)/t48-,49-,50-,51?,52?,53?,57?,60-,61?/m0/s1. The van der Waals surface area contributed by atoms with Crippen LogP contribution in [-0.4, -0.2) is 329 Å². The van der Waals surface area contributed by atoms with Gasteiger partial charge in [0.15, 0.2) is 12.5 Å². The van der Waals surface area contributed by atoms with E-state index < -0.39 is 131 Å². The molecule has 15 N–H and O–H groups in total. The van der Waals surface area contributed by atoms with Gasteiger partial charge in [-0.2, -0.15) is 0 Å². The first kappa shape index (κ1) is 92.1. The number of aliphatic hydroxyl groups excluding tert-OH is 8. The Labute approximate surface area is 574 Å². The fraction of sp³-hybridized carbons (Fsp3) is 0.902. The molecule has 0 radical (unpaired) electrons. The van der Waals surface area contributed by atoms with Crippen LogP contribution < -0.4 is 31.9 Å². The Morgan fingerprint density at radius 1 is 0.469 bits per heavy atom. The van der Waals surface area contributed by atoms with Crippen molar-refractivity contribution < 1.29 is 145 Å². The lowest BCUT2D eigenvalue weighted by atomic mass is 9.86. The number of phosphoric acid groups is 1. The fourth-order valence-corrected chi connectivity index (χ4v) is 9.86. The lowest BCUT2D eigenvalue weighted by molar-refractivity contribution is -0.178. The van der Waals surface area contributed by atoms with Gasteiger partial charge in [-0.1, -0.05) is 19.3 Å². The third kappa shape index (κ3) is 48.9. The zero-order valence-corrected chi connectivity index (χ0v) is 58.1. The minimum atomic E-state index is -4.15. The largest absolute Gasteiger partial charge is 0.472 e. The van der Waals surface area contributed by atoms with Crippen molar-refractivity contribution in [3.63, 3.8) is 0 Å². The number of hydrogen-bond acceptors (Lipinski definition) is 29. The number of hydrogen-bond donors (Lipinski definition) is 15. The molecule has 37 heteroatoms.